The van der Waals surface area contributed by atoms with Crippen LogP contribution in [0.2, 0.25) is 0 Å². The number of amides is 1. The fourth-order valence-corrected chi connectivity index (χ4v) is 3.40. The van der Waals surface area contributed by atoms with Crippen molar-refractivity contribution in [1.29, 1.82) is 0 Å². The van der Waals surface area contributed by atoms with E-state index in [4.69, 9.17) is 21.4 Å². The van der Waals surface area contributed by atoms with Crippen LogP contribution in [0.4, 0.5) is 5.69 Å². The highest BCUT2D eigenvalue weighted by Crippen LogP contribution is 2.18. The molecule has 1 amide bonds. The van der Waals surface area contributed by atoms with Crippen molar-refractivity contribution in [2.75, 3.05) is 11.9 Å². The number of ether oxygens (including phenoxy) is 1. The molecule has 0 saturated carbocycles. The van der Waals surface area contributed by atoms with E-state index in [0.717, 1.165) is 28.8 Å². The van der Waals surface area contributed by atoms with Crippen molar-refractivity contribution in [2.24, 2.45) is 0 Å². The molecule has 4 rings (SSSR count). The minimum Gasteiger partial charge on any atom is -0.484 e. The number of anilines is 1. The van der Waals surface area contributed by atoms with E-state index in [1.165, 1.54) is 5.56 Å². The van der Waals surface area contributed by atoms with Gasteiger partial charge in [-0.1, -0.05) is 43.3 Å². The average Bonchev–Trinajstić information content (AvgIpc) is 3.21. The van der Waals surface area contributed by atoms with Crippen molar-refractivity contribution in [3.8, 4) is 5.75 Å². The molecule has 6 nitrogen and oxygen atoms in total. The first kappa shape index (κ1) is 21.5. The third kappa shape index (κ3) is 5.70. The van der Waals surface area contributed by atoms with Crippen molar-refractivity contribution in [3.05, 3.63) is 89.8 Å². The van der Waals surface area contributed by atoms with Crippen LogP contribution in [0.5, 0.6) is 5.75 Å². The summed E-state index contributed by atoms with van der Waals surface area (Å²) in [5, 5.41) is 5.84. The minimum atomic E-state index is -0.324. The Kier molecular flexibility index (Phi) is 6.77. The van der Waals surface area contributed by atoms with Gasteiger partial charge in [0.15, 0.2) is 23.2 Å². The van der Waals surface area contributed by atoms with Gasteiger partial charge in [0.2, 0.25) is 0 Å². The first-order valence-corrected chi connectivity index (χ1v) is 10.8. The summed E-state index contributed by atoms with van der Waals surface area (Å²) in [5.41, 5.74) is 4.67. The van der Waals surface area contributed by atoms with E-state index in [0.29, 0.717) is 18.1 Å². The van der Waals surface area contributed by atoms with Crippen LogP contribution in [0.15, 0.2) is 77.2 Å². The van der Waals surface area contributed by atoms with Crippen LogP contribution >= 0.6 is 12.2 Å². The molecule has 32 heavy (non-hydrogen) atoms. The number of benzene rings is 3. The molecular weight excluding hydrogens is 422 g/mol. The Morgan fingerprint density at radius 2 is 1.72 bits per heavy atom. The molecule has 0 radical (unpaired) electrons. The molecule has 1 heterocycles. The number of nitrogens with zero attached hydrogens (tertiary/aromatic N) is 1. The van der Waals surface area contributed by atoms with Crippen LogP contribution in [0, 0.1) is 0 Å². The molecule has 0 bridgehead atoms. The topological polar surface area (TPSA) is 76.4 Å². The molecule has 0 spiro atoms. The Labute approximate surface area is 191 Å². The van der Waals surface area contributed by atoms with E-state index in [1.54, 1.807) is 0 Å². The van der Waals surface area contributed by atoms with E-state index >= 15 is 0 Å². The summed E-state index contributed by atoms with van der Waals surface area (Å²) in [6.07, 6.45) is 1.55. The van der Waals surface area contributed by atoms with Gasteiger partial charge < -0.3 is 14.5 Å². The Morgan fingerprint density at radius 1 is 1.00 bits per heavy atom. The van der Waals surface area contributed by atoms with E-state index in [-0.39, 0.29) is 17.6 Å². The second kappa shape index (κ2) is 10.1. The van der Waals surface area contributed by atoms with E-state index < -0.39 is 0 Å². The summed E-state index contributed by atoms with van der Waals surface area (Å²) < 4.78 is 11.3. The number of aromatic nitrogens is 1. The molecule has 0 aliphatic rings. The summed E-state index contributed by atoms with van der Waals surface area (Å²) >= 11 is 5.23. The molecule has 0 unspecified atom stereocenters. The number of hydrogen-bond donors (Lipinski definition) is 2. The zero-order chi connectivity index (χ0) is 22.3. The number of carbonyl (C=O) groups excluding carboxylic acids is 1. The number of oxazole rings is 1. The van der Waals surface area contributed by atoms with Crippen LogP contribution in [-0.4, -0.2) is 22.6 Å². The Bertz CT molecular complexity index is 1180. The SMILES string of the molecule is CCc1ccc(OCC(=O)NC(=S)Nc2ccc(Cc3nc4ccccc4o3)cc2)cc1. The quantitative estimate of drug-likeness (QED) is 0.395. The number of aryl methyl sites for hydroxylation is 1. The number of hydrogen-bond acceptors (Lipinski definition) is 5. The van der Waals surface area contributed by atoms with E-state index in [9.17, 15) is 4.79 Å². The molecule has 3 aromatic carbocycles. The molecule has 0 saturated heterocycles. The maximum Gasteiger partial charge on any atom is 0.264 e. The standard InChI is InChI=1S/C25H23N3O3S/c1-2-17-9-13-20(14-10-17)30-16-23(29)28-25(32)26-19-11-7-18(8-12-19)15-24-27-21-5-3-4-6-22(21)31-24/h3-14H,2,15-16H2,1H3,(H2,26,28,29,32). The number of rotatable bonds is 7. The number of nitrogens with one attached hydrogen (secondary N) is 2. The predicted octanol–water partition coefficient (Wildman–Crippen LogP) is 4.87. The van der Waals surface area contributed by atoms with Gasteiger partial charge in [-0.25, -0.2) is 4.98 Å². The van der Waals surface area contributed by atoms with Crippen LogP contribution < -0.4 is 15.4 Å². The van der Waals surface area contributed by atoms with Crippen LogP contribution in [0.1, 0.15) is 23.9 Å². The Balaban J connectivity index is 1.25. The lowest BCUT2D eigenvalue weighted by Gasteiger charge is -2.11. The molecule has 4 aromatic rings. The molecule has 0 aliphatic heterocycles. The number of fused-ring (bicyclic) bond motifs is 1. The lowest BCUT2D eigenvalue weighted by atomic mass is 10.1. The molecule has 0 atom stereocenters. The van der Waals surface area contributed by atoms with Gasteiger partial charge in [0, 0.05) is 12.1 Å². The maximum absolute atomic E-state index is 12.1. The zero-order valence-electron chi connectivity index (χ0n) is 17.6. The summed E-state index contributed by atoms with van der Waals surface area (Å²) in [6, 6.07) is 23.1. The van der Waals surface area contributed by atoms with Gasteiger partial charge in [-0.15, -0.1) is 0 Å². The van der Waals surface area contributed by atoms with Crippen LogP contribution in [0.3, 0.4) is 0 Å². The highest BCUT2D eigenvalue weighted by atomic mass is 32.1. The smallest absolute Gasteiger partial charge is 0.264 e. The van der Waals surface area contributed by atoms with Gasteiger partial charge in [-0.2, -0.15) is 0 Å². The van der Waals surface area contributed by atoms with Crippen molar-refractivity contribution >= 4 is 40.0 Å². The summed E-state index contributed by atoms with van der Waals surface area (Å²) in [6.45, 7) is 1.97. The Morgan fingerprint density at radius 3 is 2.44 bits per heavy atom. The third-order valence-electron chi connectivity index (χ3n) is 4.86. The van der Waals surface area contributed by atoms with Crippen LogP contribution in [0.25, 0.3) is 11.1 Å². The fourth-order valence-electron chi connectivity index (χ4n) is 3.17. The Hall–Kier alpha value is -3.71. The maximum atomic E-state index is 12.1. The molecule has 162 valence electrons. The lowest BCUT2D eigenvalue weighted by molar-refractivity contribution is -0.121. The summed E-state index contributed by atoms with van der Waals surface area (Å²) in [7, 11) is 0. The van der Waals surface area contributed by atoms with Crippen molar-refractivity contribution < 1.29 is 13.9 Å². The van der Waals surface area contributed by atoms with Crippen molar-refractivity contribution in [1.82, 2.24) is 10.3 Å². The highest BCUT2D eigenvalue weighted by Gasteiger charge is 2.08. The second-order valence-electron chi connectivity index (χ2n) is 7.24. The first-order valence-electron chi connectivity index (χ1n) is 10.3. The third-order valence-corrected chi connectivity index (χ3v) is 5.06. The van der Waals surface area contributed by atoms with E-state index in [1.807, 2.05) is 72.8 Å². The fraction of sp³-hybridized carbons (Fsp3) is 0.160. The average molecular weight is 446 g/mol. The normalized spacial score (nSPS) is 10.7. The van der Waals surface area contributed by atoms with Gasteiger partial charge in [0.05, 0.1) is 0 Å². The molecular formula is C25H23N3O3S. The van der Waals surface area contributed by atoms with Crippen LogP contribution in [-0.2, 0) is 17.6 Å². The first-order chi connectivity index (χ1) is 15.6. The molecule has 1 aromatic heterocycles. The zero-order valence-corrected chi connectivity index (χ0v) is 18.4. The van der Waals surface area contributed by atoms with Gasteiger partial charge in [0.1, 0.15) is 11.3 Å². The molecule has 2 N–H and O–H groups in total. The minimum absolute atomic E-state index is 0.114. The summed E-state index contributed by atoms with van der Waals surface area (Å²) in [4.78, 5) is 16.6. The van der Waals surface area contributed by atoms with Gasteiger partial charge in [-0.3, -0.25) is 10.1 Å². The second-order valence-corrected chi connectivity index (χ2v) is 7.65. The number of thiocarbonyl (C=S) groups is 1. The lowest BCUT2D eigenvalue weighted by Crippen LogP contribution is -2.37. The molecule has 7 heteroatoms. The predicted molar refractivity (Wildman–Crippen MR) is 129 cm³/mol. The van der Waals surface area contributed by atoms with Gasteiger partial charge in [-0.05, 0) is 66.2 Å². The van der Waals surface area contributed by atoms with E-state index in [2.05, 4.69) is 22.5 Å². The highest BCUT2D eigenvalue weighted by molar-refractivity contribution is 7.80. The van der Waals surface area contributed by atoms with Crippen molar-refractivity contribution in [3.63, 3.8) is 0 Å². The number of para-hydroxylation sites is 2. The van der Waals surface area contributed by atoms with Gasteiger partial charge >= 0.3 is 0 Å². The number of carbonyl (C=O) groups is 1. The summed E-state index contributed by atoms with van der Waals surface area (Å²) in [5.74, 6) is 0.986. The largest absolute Gasteiger partial charge is 0.484 e. The molecule has 0 aliphatic carbocycles. The molecule has 0 fully saturated rings. The monoisotopic (exact) mass is 445 g/mol. The van der Waals surface area contributed by atoms with Gasteiger partial charge in [0.25, 0.3) is 5.91 Å². The van der Waals surface area contributed by atoms with Crippen molar-refractivity contribution in [2.45, 2.75) is 19.8 Å².